The van der Waals surface area contributed by atoms with Gasteiger partial charge in [0.15, 0.2) is 0 Å². The summed E-state index contributed by atoms with van der Waals surface area (Å²) in [5.74, 6) is 2.43. The van der Waals surface area contributed by atoms with Crippen LogP contribution in [0.1, 0.15) is 38.5 Å². The van der Waals surface area contributed by atoms with Crippen LogP contribution >= 0.6 is 0 Å². The van der Waals surface area contributed by atoms with Gasteiger partial charge in [0.2, 0.25) is 11.8 Å². The van der Waals surface area contributed by atoms with Gasteiger partial charge < -0.3 is 10.2 Å². The summed E-state index contributed by atoms with van der Waals surface area (Å²) >= 11 is 0. The summed E-state index contributed by atoms with van der Waals surface area (Å²) < 4.78 is 0. The Balaban J connectivity index is 1.33. The Hall–Kier alpha value is -1.10. The van der Waals surface area contributed by atoms with E-state index in [1.54, 1.807) is 0 Å². The molecule has 3 aliphatic heterocycles. The number of likely N-dealkylation sites (tertiary alicyclic amines) is 1. The lowest BCUT2D eigenvalue weighted by Gasteiger charge is -2.52. The Bertz CT molecular complexity index is 463. The van der Waals surface area contributed by atoms with E-state index in [-0.39, 0.29) is 5.91 Å². The minimum absolute atomic E-state index is 0.184. The molecule has 3 heterocycles. The Morgan fingerprint density at radius 3 is 2.86 bits per heavy atom. The summed E-state index contributed by atoms with van der Waals surface area (Å²) in [5, 5.41) is 3.08. The number of nitrogens with one attached hydrogen (secondary N) is 1. The van der Waals surface area contributed by atoms with E-state index in [2.05, 4.69) is 15.1 Å². The van der Waals surface area contributed by atoms with Gasteiger partial charge in [-0.15, -0.1) is 0 Å². The maximum absolute atomic E-state index is 12.1. The summed E-state index contributed by atoms with van der Waals surface area (Å²) in [6, 6.07) is 0.440. The summed E-state index contributed by atoms with van der Waals surface area (Å²) in [7, 11) is 0. The number of amides is 2. The lowest BCUT2D eigenvalue weighted by atomic mass is 9.76. The van der Waals surface area contributed by atoms with Gasteiger partial charge in [-0.25, -0.2) is 0 Å². The smallest absolute Gasteiger partial charge is 0.234 e. The first kappa shape index (κ1) is 14.5. The molecule has 1 aliphatic carbocycles. The number of rotatable bonds is 4. The SMILES string of the molecule is O=C(CN1CC2CC(C1)[C@H]1CCCC(=O)N1C2)NCC1CC1. The molecule has 1 N–H and O–H groups in total. The van der Waals surface area contributed by atoms with E-state index in [9.17, 15) is 9.59 Å². The normalized spacial score (nSPS) is 35.2. The molecule has 3 saturated heterocycles. The van der Waals surface area contributed by atoms with E-state index in [0.717, 1.165) is 51.4 Å². The van der Waals surface area contributed by atoms with Crippen molar-refractivity contribution in [1.29, 1.82) is 0 Å². The predicted molar refractivity (Wildman–Crippen MR) is 83.1 cm³/mol. The van der Waals surface area contributed by atoms with Crippen molar-refractivity contribution in [2.45, 2.75) is 44.6 Å². The molecule has 0 aromatic carbocycles. The molecule has 0 radical (unpaired) electrons. The molecule has 4 fully saturated rings. The topological polar surface area (TPSA) is 52.7 Å². The predicted octanol–water partition coefficient (Wildman–Crippen LogP) is 0.845. The Morgan fingerprint density at radius 1 is 1.18 bits per heavy atom. The number of carbonyl (C=O) groups excluding carboxylic acids is 2. The molecular formula is C17H27N3O2. The fraction of sp³-hybridized carbons (Fsp3) is 0.882. The zero-order valence-corrected chi connectivity index (χ0v) is 13.3. The van der Waals surface area contributed by atoms with E-state index in [0.29, 0.717) is 30.3 Å². The van der Waals surface area contributed by atoms with Crippen LogP contribution in [0, 0.1) is 17.8 Å². The molecule has 1 saturated carbocycles. The van der Waals surface area contributed by atoms with Crippen molar-refractivity contribution in [3.63, 3.8) is 0 Å². The molecule has 122 valence electrons. The van der Waals surface area contributed by atoms with Gasteiger partial charge in [0.1, 0.15) is 0 Å². The van der Waals surface area contributed by atoms with Crippen LogP contribution in [0.3, 0.4) is 0 Å². The second-order valence-electron chi connectivity index (χ2n) is 7.81. The molecule has 4 rings (SSSR count). The average molecular weight is 305 g/mol. The van der Waals surface area contributed by atoms with Gasteiger partial charge in [0.25, 0.3) is 0 Å². The Morgan fingerprint density at radius 2 is 2.05 bits per heavy atom. The Kier molecular flexibility index (Phi) is 3.84. The zero-order chi connectivity index (χ0) is 15.1. The highest BCUT2D eigenvalue weighted by Crippen LogP contribution is 2.37. The molecule has 2 amide bonds. The lowest BCUT2D eigenvalue weighted by molar-refractivity contribution is -0.145. The minimum atomic E-state index is 0.184. The van der Waals surface area contributed by atoms with E-state index in [4.69, 9.17) is 0 Å². The monoisotopic (exact) mass is 305 g/mol. The lowest BCUT2D eigenvalue weighted by Crippen LogP contribution is -2.61. The second-order valence-corrected chi connectivity index (χ2v) is 7.81. The van der Waals surface area contributed by atoms with Crippen LogP contribution < -0.4 is 5.32 Å². The third-order valence-electron chi connectivity index (χ3n) is 5.91. The minimum Gasteiger partial charge on any atom is -0.355 e. The molecule has 3 atom stereocenters. The Labute approximate surface area is 132 Å². The van der Waals surface area contributed by atoms with Crippen molar-refractivity contribution in [3.05, 3.63) is 0 Å². The summed E-state index contributed by atoms with van der Waals surface area (Å²) in [6.07, 6.45) is 6.74. The zero-order valence-electron chi connectivity index (χ0n) is 13.3. The molecule has 4 aliphatic rings. The van der Waals surface area contributed by atoms with Crippen molar-refractivity contribution < 1.29 is 9.59 Å². The highest BCUT2D eigenvalue weighted by atomic mass is 16.2. The highest BCUT2D eigenvalue weighted by molar-refractivity contribution is 5.78. The van der Waals surface area contributed by atoms with Gasteiger partial charge in [-0.3, -0.25) is 14.5 Å². The van der Waals surface area contributed by atoms with Gasteiger partial charge in [-0.05, 0) is 49.9 Å². The molecule has 0 aromatic heterocycles. The standard InChI is InChI=1S/C17H27N3O2/c21-16(18-7-12-4-5-12)11-19-8-13-6-14(10-19)15-2-1-3-17(22)20(15)9-13/h12-15H,1-11H2,(H,18,21)/t13?,14?,15-/m1/s1. The number of carbonyl (C=O) groups is 2. The van der Waals surface area contributed by atoms with Crippen LogP contribution in [0.25, 0.3) is 0 Å². The first-order valence-electron chi connectivity index (χ1n) is 8.97. The largest absolute Gasteiger partial charge is 0.355 e. The number of piperidine rings is 3. The van der Waals surface area contributed by atoms with Gasteiger partial charge >= 0.3 is 0 Å². The van der Waals surface area contributed by atoms with E-state index in [1.165, 1.54) is 19.3 Å². The average Bonchev–Trinajstić information content (AvgIpc) is 3.31. The molecular weight excluding hydrogens is 278 g/mol. The summed E-state index contributed by atoms with van der Waals surface area (Å²) in [5.41, 5.74) is 0. The van der Waals surface area contributed by atoms with Crippen molar-refractivity contribution in [2.75, 3.05) is 32.7 Å². The molecule has 0 spiro atoms. The van der Waals surface area contributed by atoms with Gasteiger partial charge in [-0.1, -0.05) is 0 Å². The summed E-state index contributed by atoms with van der Waals surface area (Å²) in [4.78, 5) is 28.7. The van der Waals surface area contributed by atoms with Crippen LogP contribution in [0.4, 0.5) is 0 Å². The van der Waals surface area contributed by atoms with E-state index >= 15 is 0 Å². The molecule has 5 nitrogen and oxygen atoms in total. The maximum Gasteiger partial charge on any atom is 0.234 e. The molecule has 5 heteroatoms. The van der Waals surface area contributed by atoms with Crippen molar-refractivity contribution >= 4 is 11.8 Å². The second kappa shape index (κ2) is 5.84. The quantitative estimate of drug-likeness (QED) is 0.837. The first-order valence-corrected chi connectivity index (χ1v) is 8.97. The fourth-order valence-electron chi connectivity index (χ4n) is 4.68. The third kappa shape index (κ3) is 3.00. The maximum atomic E-state index is 12.1. The van der Waals surface area contributed by atoms with Crippen molar-refractivity contribution in [1.82, 2.24) is 15.1 Å². The van der Waals surface area contributed by atoms with Crippen molar-refractivity contribution in [2.24, 2.45) is 17.8 Å². The van der Waals surface area contributed by atoms with Crippen molar-refractivity contribution in [3.8, 4) is 0 Å². The van der Waals surface area contributed by atoms with Crippen LogP contribution in [0.5, 0.6) is 0 Å². The van der Waals surface area contributed by atoms with Crippen LogP contribution in [0.2, 0.25) is 0 Å². The molecule has 2 unspecified atom stereocenters. The highest BCUT2D eigenvalue weighted by Gasteiger charge is 2.44. The third-order valence-corrected chi connectivity index (χ3v) is 5.91. The van der Waals surface area contributed by atoms with E-state index < -0.39 is 0 Å². The number of hydrogen-bond acceptors (Lipinski definition) is 3. The molecule has 0 aromatic rings. The van der Waals surface area contributed by atoms with Gasteiger partial charge in [-0.2, -0.15) is 0 Å². The van der Waals surface area contributed by atoms with Crippen LogP contribution in [-0.4, -0.2) is 60.4 Å². The molecule has 2 bridgehead atoms. The molecule has 22 heavy (non-hydrogen) atoms. The number of nitrogens with zero attached hydrogens (tertiary/aromatic N) is 2. The summed E-state index contributed by atoms with van der Waals surface area (Å²) in [6.45, 7) is 4.29. The number of hydrogen-bond donors (Lipinski definition) is 1. The van der Waals surface area contributed by atoms with Crippen LogP contribution in [-0.2, 0) is 9.59 Å². The van der Waals surface area contributed by atoms with E-state index in [1.807, 2.05) is 0 Å². The van der Waals surface area contributed by atoms with Gasteiger partial charge in [0, 0.05) is 38.6 Å². The number of fused-ring (bicyclic) bond motifs is 4. The fourth-order valence-corrected chi connectivity index (χ4v) is 4.68. The van der Waals surface area contributed by atoms with Crippen LogP contribution in [0.15, 0.2) is 0 Å². The first-order chi connectivity index (χ1) is 10.7. The van der Waals surface area contributed by atoms with Gasteiger partial charge in [0.05, 0.1) is 6.54 Å².